The van der Waals surface area contributed by atoms with Gasteiger partial charge in [0.05, 0.1) is 5.51 Å². The minimum Gasteiger partial charge on any atom is -0.348 e. The Morgan fingerprint density at radius 2 is 2.23 bits per heavy atom. The number of amides is 1. The van der Waals surface area contributed by atoms with Crippen molar-refractivity contribution >= 4 is 17.2 Å². The number of alkyl halides is 3. The highest BCUT2D eigenvalue weighted by molar-refractivity contribution is 7.10. The third kappa shape index (κ3) is 3.08. The van der Waals surface area contributed by atoms with Gasteiger partial charge in [0.25, 0.3) is 5.91 Å². The number of hydrogen-bond acceptors (Lipinski definition) is 6. The topological polar surface area (TPSA) is 96.5 Å². The highest BCUT2D eigenvalue weighted by atomic mass is 32.1. The molecule has 0 unspecified atom stereocenters. The van der Waals surface area contributed by atoms with Gasteiger partial charge in [0, 0.05) is 12.5 Å². The van der Waals surface area contributed by atoms with Crippen LogP contribution >= 0.6 is 11.3 Å². The number of aromatic amines is 1. The number of hydrogen-bond donors (Lipinski definition) is 2. The van der Waals surface area contributed by atoms with E-state index in [0.717, 1.165) is 5.51 Å². The number of thiazole rings is 1. The number of carbonyl (C=O) groups is 1. The van der Waals surface area contributed by atoms with Crippen molar-refractivity contribution in [2.24, 2.45) is 5.92 Å². The van der Waals surface area contributed by atoms with Crippen molar-refractivity contribution in [3.8, 4) is 0 Å². The van der Waals surface area contributed by atoms with Gasteiger partial charge < -0.3 is 5.32 Å². The summed E-state index contributed by atoms with van der Waals surface area (Å²) in [5.41, 5.74) is 0.469. The number of nitrogens with one attached hydrogen (secondary N) is 2. The van der Waals surface area contributed by atoms with Crippen molar-refractivity contribution in [3.05, 3.63) is 21.9 Å². The van der Waals surface area contributed by atoms with Crippen molar-refractivity contribution in [1.29, 1.82) is 0 Å². The van der Waals surface area contributed by atoms with E-state index in [1.807, 2.05) is 0 Å². The fraction of sp³-hybridized carbons (Fsp3) is 0.545. The van der Waals surface area contributed by atoms with E-state index >= 15 is 0 Å². The van der Waals surface area contributed by atoms with E-state index in [9.17, 15) is 18.0 Å². The molecule has 118 valence electrons. The standard InChI is InChI=1S/C11H11F3N6OS/c12-11(13,14)9-8(15-4-22-9)10(21)16-6-1-5(2-6)3-7-17-19-20-18-7/h4-6H,1-3H2,(H,16,21)(H,17,18,19,20). The fourth-order valence-electron chi connectivity index (χ4n) is 2.41. The lowest BCUT2D eigenvalue weighted by Gasteiger charge is -2.35. The summed E-state index contributed by atoms with van der Waals surface area (Å²) in [7, 11) is 0. The Balaban J connectivity index is 1.53. The van der Waals surface area contributed by atoms with Crippen molar-refractivity contribution < 1.29 is 18.0 Å². The molecule has 0 spiro atoms. The predicted molar refractivity (Wildman–Crippen MR) is 69.0 cm³/mol. The van der Waals surface area contributed by atoms with Crippen LogP contribution in [0.4, 0.5) is 13.2 Å². The quantitative estimate of drug-likeness (QED) is 0.883. The van der Waals surface area contributed by atoms with Crippen LogP contribution in [-0.4, -0.2) is 37.6 Å². The number of nitrogens with zero attached hydrogens (tertiary/aromatic N) is 4. The fourth-order valence-corrected chi connectivity index (χ4v) is 3.06. The zero-order valence-electron chi connectivity index (χ0n) is 11.1. The van der Waals surface area contributed by atoms with Gasteiger partial charge in [-0.15, -0.1) is 21.5 Å². The average molecular weight is 332 g/mol. The molecule has 7 nitrogen and oxygen atoms in total. The summed E-state index contributed by atoms with van der Waals surface area (Å²) < 4.78 is 38.2. The molecular formula is C11H11F3N6OS. The molecular weight excluding hydrogens is 321 g/mol. The van der Waals surface area contributed by atoms with Crippen LogP contribution in [-0.2, 0) is 12.6 Å². The van der Waals surface area contributed by atoms with E-state index in [1.54, 1.807) is 0 Å². The van der Waals surface area contributed by atoms with Crippen LogP contribution in [0.2, 0.25) is 0 Å². The molecule has 2 aromatic rings. The molecule has 2 N–H and O–H groups in total. The van der Waals surface area contributed by atoms with E-state index < -0.39 is 22.7 Å². The molecule has 0 aliphatic heterocycles. The van der Waals surface area contributed by atoms with Crippen molar-refractivity contribution in [1.82, 2.24) is 30.9 Å². The van der Waals surface area contributed by atoms with Gasteiger partial charge in [-0.05, 0) is 18.8 Å². The second-order valence-corrected chi connectivity index (χ2v) is 5.92. The third-order valence-electron chi connectivity index (χ3n) is 3.47. The van der Waals surface area contributed by atoms with E-state index in [2.05, 4.69) is 30.9 Å². The monoisotopic (exact) mass is 332 g/mol. The first-order valence-corrected chi connectivity index (χ1v) is 7.35. The van der Waals surface area contributed by atoms with E-state index in [0.29, 0.717) is 42.3 Å². The summed E-state index contributed by atoms with van der Waals surface area (Å²) in [6.45, 7) is 0. The molecule has 0 aromatic carbocycles. The van der Waals surface area contributed by atoms with Crippen molar-refractivity contribution in [2.75, 3.05) is 0 Å². The number of tetrazole rings is 1. The van der Waals surface area contributed by atoms with Gasteiger partial charge in [0.2, 0.25) is 0 Å². The molecule has 0 radical (unpaired) electrons. The largest absolute Gasteiger partial charge is 0.427 e. The number of carbonyl (C=O) groups excluding carboxylic acids is 1. The molecule has 0 atom stereocenters. The molecule has 2 aromatic heterocycles. The second-order valence-electron chi connectivity index (χ2n) is 5.07. The maximum Gasteiger partial charge on any atom is 0.427 e. The van der Waals surface area contributed by atoms with Crippen LogP contribution in [0.3, 0.4) is 0 Å². The van der Waals surface area contributed by atoms with Crippen LogP contribution in [0.1, 0.15) is 34.0 Å². The summed E-state index contributed by atoms with van der Waals surface area (Å²) in [5.74, 6) is 0.102. The normalized spacial score (nSPS) is 21.4. The highest BCUT2D eigenvalue weighted by Gasteiger charge is 2.39. The Morgan fingerprint density at radius 3 is 2.86 bits per heavy atom. The SMILES string of the molecule is O=C(NC1CC(Cc2nn[nH]n2)C1)c1ncsc1C(F)(F)F. The van der Waals surface area contributed by atoms with Crippen LogP contribution in [0.5, 0.6) is 0 Å². The van der Waals surface area contributed by atoms with Gasteiger partial charge in [-0.1, -0.05) is 5.21 Å². The summed E-state index contributed by atoms with van der Waals surface area (Å²) in [6.07, 6.45) is -2.58. The summed E-state index contributed by atoms with van der Waals surface area (Å²) in [5, 5.41) is 16.1. The zero-order valence-corrected chi connectivity index (χ0v) is 11.9. The second kappa shape index (κ2) is 5.63. The molecule has 1 fully saturated rings. The maximum atomic E-state index is 12.7. The zero-order chi connectivity index (χ0) is 15.7. The van der Waals surface area contributed by atoms with Gasteiger partial charge in [-0.2, -0.15) is 18.4 Å². The average Bonchev–Trinajstić information content (AvgIpc) is 3.06. The molecule has 11 heteroatoms. The minimum atomic E-state index is -4.56. The third-order valence-corrected chi connectivity index (χ3v) is 4.34. The van der Waals surface area contributed by atoms with Gasteiger partial charge in [0.15, 0.2) is 11.5 Å². The van der Waals surface area contributed by atoms with Crippen molar-refractivity contribution in [3.63, 3.8) is 0 Å². The van der Waals surface area contributed by atoms with Gasteiger partial charge in [-0.3, -0.25) is 4.79 Å². The Labute approximate surface area is 126 Å². The first kappa shape index (κ1) is 14.9. The van der Waals surface area contributed by atoms with Crippen LogP contribution in [0.15, 0.2) is 5.51 Å². The maximum absolute atomic E-state index is 12.7. The summed E-state index contributed by atoms with van der Waals surface area (Å²) in [6, 6.07) is -0.146. The molecule has 1 saturated carbocycles. The summed E-state index contributed by atoms with van der Waals surface area (Å²) in [4.78, 5) is 14.5. The minimum absolute atomic E-state index is 0.146. The van der Waals surface area contributed by atoms with Gasteiger partial charge in [-0.25, -0.2) is 4.98 Å². The molecule has 0 bridgehead atoms. The number of aromatic nitrogens is 5. The molecule has 0 saturated heterocycles. The Hall–Kier alpha value is -2.04. The first-order valence-electron chi connectivity index (χ1n) is 6.47. The lowest BCUT2D eigenvalue weighted by Crippen LogP contribution is -2.45. The molecule has 1 aliphatic carbocycles. The van der Waals surface area contributed by atoms with Crippen LogP contribution in [0.25, 0.3) is 0 Å². The number of halogens is 3. The van der Waals surface area contributed by atoms with E-state index in [1.165, 1.54) is 0 Å². The van der Waals surface area contributed by atoms with E-state index in [-0.39, 0.29) is 6.04 Å². The molecule has 1 amide bonds. The highest BCUT2D eigenvalue weighted by Crippen LogP contribution is 2.35. The Bertz CT molecular complexity index is 649. The number of rotatable bonds is 4. The molecule has 3 rings (SSSR count). The Kier molecular flexibility index (Phi) is 3.81. The Morgan fingerprint density at radius 1 is 1.45 bits per heavy atom. The van der Waals surface area contributed by atoms with E-state index in [4.69, 9.17) is 0 Å². The van der Waals surface area contributed by atoms with Crippen LogP contribution < -0.4 is 5.32 Å². The van der Waals surface area contributed by atoms with Gasteiger partial charge >= 0.3 is 6.18 Å². The van der Waals surface area contributed by atoms with Crippen LogP contribution in [0, 0.1) is 5.92 Å². The predicted octanol–water partition coefficient (Wildman–Crippen LogP) is 1.43. The molecule has 2 heterocycles. The lowest BCUT2D eigenvalue weighted by molar-refractivity contribution is -0.134. The molecule has 22 heavy (non-hydrogen) atoms. The first-order chi connectivity index (χ1) is 10.4. The number of H-pyrrole nitrogens is 1. The van der Waals surface area contributed by atoms with Crippen molar-refractivity contribution in [2.45, 2.75) is 31.5 Å². The summed E-state index contributed by atoms with van der Waals surface area (Å²) >= 11 is 0.417. The van der Waals surface area contributed by atoms with Gasteiger partial charge in [0.1, 0.15) is 4.88 Å². The smallest absolute Gasteiger partial charge is 0.348 e. The lowest BCUT2D eigenvalue weighted by atomic mass is 9.78. The molecule has 1 aliphatic rings.